The van der Waals surface area contributed by atoms with Crippen molar-refractivity contribution in [1.29, 1.82) is 0 Å². The van der Waals surface area contributed by atoms with Gasteiger partial charge in [0.2, 0.25) is 0 Å². The van der Waals surface area contributed by atoms with Crippen LogP contribution in [0.1, 0.15) is 5.56 Å². The van der Waals surface area contributed by atoms with Crippen LogP contribution in [-0.2, 0) is 4.74 Å². The molecule has 0 bridgehead atoms. The molecule has 1 aromatic rings. The predicted molar refractivity (Wildman–Crippen MR) is 60.9 cm³/mol. The highest BCUT2D eigenvalue weighted by Gasteiger charge is 2.08. The predicted octanol–water partition coefficient (Wildman–Crippen LogP) is 2.44. The first-order chi connectivity index (χ1) is 7.54. The lowest BCUT2D eigenvalue weighted by Gasteiger charge is -2.09. The Hall–Kier alpha value is -1.14. The van der Waals surface area contributed by atoms with Crippen molar-refractivity contribution in [3.63, 3.8) is 0 Å². The van der Waals surface area contributed by atoms with E-state index in [1.54, 1.807) is 13.0 Å². The summed E-state index contributed by atoms with van der Waals surface area (Å²) in [7, 11) is 0. The minimum atomic E-state index is -0.723. The third-order valence-corrected chi connectivity index (χ3v) is 2.44. The fourth-order valence-electron chi connectivity index (χ4n) is 1.07. The Morgan fingerprint density at radius 1 is 1.62 bits per heavy atom. The zero-order valence-corrected chi connectivity index (χ0v) is 10.2. The van der Waals surface area contributed by atoms with Crippen LogP contribution in [0.5, 0.6) is 0 Å². The molecule has 1 rings (SSSR count). The molecule has 4 nitrogen and oxygen atoms in total. The van der Waals surface area contributed by atoms with Crippen LogP contribution in [0.25, 0.3) is 0 Å². The van der Waals surface area contributed by atoms with Crippen LogP contribution in [0, 0.1) is 12.7 Å². The normalized spacial score (nSPS) is 10.0. The molecule has 0 aromatic heterocycles. The lowest BCUT2D eigenvalue weighted by Crippen LogP contribution is -2.16. The lowest BCUT2D eigenvalue weighted by atomic mass is 10.2. The maximum absolute atomic E-state index is 13.2. The van der Waals surface area contributed by atoms with Gasteiger partial charge in [-0.05, 0) is 40.5 Å². The Morgan fingerprint density at radius 2 is 2.31 bits per heavy atom. The highest BCUT2D eigenvalue weighted by molar-refractivity contribution is 9.10. The molecular formula is C10H11BrFNO3. The lowest BCUT2D eigenvalue weighted by molar-refractivity contribution is 0.131. The standard InChI is InChI=1S/C10H11BrFNO3/c1-6-4-7(11)8(12)5-9(6)13-10(15)16-3-2-14/h4-5,14H,2-3H2,1H3,(H,13,15). The molecule has 1 aromatic carbocycles. The Bertz CT molecular complexity index is 398. The minimum Gasteiger partial charge on any atom is -0.447 e. The SMILES string of the molecule is Cc1cc(Br)c(F)cc1NC(=O)OCCO. The van der Waals surface area contributed by atoms with E-state index in [1.807, 2.05) is 0 Å². The summed E-state index contributed by atoms with van der Waals surface area (Å²) < 4.78 is 18.1. The fourth-order valence-corrected chi connectivity index (χ4v) is 1.52. The van der Waals surface area contributed by atoms with Crippen molar-refractivity contribution in [3.05, 3.63) is 28.0 Å². The van der Waals surface area contributed by atoms with Crippen molar-refractivity contribution >= 4 is 27.7 Å². The summed E-state index contributed by atoms with van der Waals surface area (Å²) in [4.78, 5) is 11.1. The van der Waals surface area contributed by atoms with Crippen LogP contribution >= 0.6 is 15.9 Å². The number of carbonyl (C=O) groups excluding carboxylic acids is 1. The molecule has 0 aliphatic heterocycles. The van der Waals surface area contributed by atoms with Crippen molar-refractivity contribution in [3.8, 4) is 0 Å². The van der Waals surface area contributed by atoms with Crippen molar-refractivity contribution in [2.24, 2.45) is 0 Å². The Kier molecular flexibility index (Phi) is 4.70. The summed E-state index contributed by atoms with van der Waals surface area (Å²) >= 11 is 3.04. The monoisotopic (exact) mass is 291 g/mol. The second kappa shape index (κ2) is 5.81. The van der Waals surface area contributed by atoms with E-state index in [9.17, 15) is 9.18 Å². The average molecular weight is 292 g/mol. The number of benzene rings is 1. The van der Waals surface area contributed by atoms with E-state index >= 15 is 0 Å². The van der Waals surface area contributed by atoms with E-state index in [1.165, 1.54) is 6.07 Å². The molecule has 0 fully saturated rings. The van der Waals surface area contributed by atoms with Crippen LogP contribution in [0.15, 0.2) is 16.6 Å². The third kappa shape index (κ3) is 3.46. The summed E-state index contributed by atoms with van der Waals surface area (Å²) in [6.07, 6.45) is -0.723. The van der Waals surface area contributed by atoms with E-state index in [2.05, 4.69) is 26.0 Å². The van der Waals surface area contributed by atoms with Gasteiger partial charge >= 0.3 is 6.09 Å². The fraction of sp³-hybridized carbons (Fsp3) is 0.300. The topological polar surface area (TPSA) is 58.6 Å². The molecule has 0 saturated carbocycles. The van der Waals surface area contributed by atoms with Gasteiger partial charge in [-0.2, -0.15) is 0 Å². The van der Waals surface area contributed by atoms with Crippen LogP contribution in [0.2, 0.25) is 0 Å². The summed E-state index contributed by atoms with van der Waals surface area (Å²) in [6.45, 7) is 1.39. The van der Waals surface area contributed by atoms with Crippen molar-refractivity contribution in [1.82, 2.24) is 0 Å². The van der Waals surface area contributed by atoms with Gasteiger partial charge in [0.05, 0.1) is 11.1 Å². The molecule has 0 radical (unpaired) electrons. The minimum absolute atomic E-state index is 0.0934. The number of anilines is 1. The van der Waals surface area contributed by atoms with E-state index in [0.717, 1.165) is 0 Å². The van der Waals surface area contributed by atoms with Crippen LogP contribution in [-0.4, -0.2) is 24.4 Å². The second-order valence-corrected chi connectivity index (χ2v) is 3.92. The number of aliphatic hydroxyl groups excluding tert-OH is 1. The number of hydrogen-bond acceptors (Lipinski definition) is 3. The number of nitrogens with one attached hydrogen (secondary N) is 1. The van der Waals surface area contributed by atoms with Crippen molar-refractivity contribution < 1.29 is 19.0 Å². The van der Waals surface area contributed by atoms with Gasteiger partial charge in [0.1, 0.15) is 12.4 Å². The molecule has 0 saturated heterocycles. The first-order valence-corrected chi connectivity index (χ1v) is 5.34. The third-order valence-electron chi connectivity index (χ3n) is 1.83. The molecule has 0 spiro atoms. The molecule has 88 valence electrons. The molecule has 2 N–H and O–H groups in total. The van der Waals surface area contributed by atoms with E-state index in [4.69, 9.17) is 5.11 Å². The number of amides is 1. The summed E-state index contributed by atoms with van der Waals surface area (Å²) in [5, 5.41) is 10.8. The van der Waals surface area contributed by atoms with Gasteiger partial charge in [0.25, 0.3) is 0 Å². The summed E-state index contributed by atoms with van der Waals surface area (Å²) in [5.74, 6) is -0.469. The Balaban J connectivity index is 2.73. The number of ether oxygens (including phenoxy) is 1. The highest BCUT2D eigenvalue weighted by atomic mass is 79.9. The second-order valence-electron chi connectivity index (χ2n) is 3.07. The quantitative estimate of drug-likeness (QED) is 0.899. The van der Waals surface area contributed by atoms with Crippen LogP contribution in [0.3, 0.4) is 0 Å². The number of carbonyl (C=O) groups is 1. The van der Waals surface area contributed by atoms with Crippen LogP contribution < -0.4 is 5.32 Å². The molecule has 0 aliphatic rings. The molecule has 0 aliphatic carbocycles. The van der Waals surface area contributed by atoms with E-state index in [-0.39, 0.29) is 13.2 Å². The van der Waals surface area contributed by atoms with Gasteiger partial charge in [0, 0.05) is 5.69 Å². The van der Waals surface area contributed by atoms with Gasteiger partial charge in [-0.15, -0.1) is 0 Å². The molecule has 6 heteroatoms. The highest BCUT2D eigenvalue weighted by Crippen LogP contribution is 2.23. The number of aliphatic hydroxyl groups is 1. The average Bonchev–Trinajstić information content (AvgIpc) is 2.23. The van der Waals surface area contributed by atoms with Gasteiger partial charge in [-0.25, -0.2) is 9.18 Å². The molecule has 0 unspecified atom stereocenters. The van der Waals surface area contributed by atoms with E-state index in [0.29, 0.717) is 15.7 Å². The first kappa shape index (κ1) is 12.9. The summed E-state index contributed by atoms with van der Waals surface area (Å²) in [5.41, 5.74) is 1.04. The smallest absolute Gasteiger partial charge is 0.411 e. The van der Waals surface area contributed by atoms with Crippen LogP contribution in [0.4, 0.5) is 14.9 Å². The number of halogens is 2. The molecular weight excluding hydrogens is 281 g/mol. The largest absolute Gasteiger partial charge is 0.447 e. The molecule has 1 amide bonds. The Labute approximate surface area is 101 Å². The van der Waals surface area contributed by atoms with Crippen molar-refractivity contribution in [2.45, 2.75) is 6.92 Å². The van der Waals surface area contributed by atoms with Gasteiger partial charge in [-0.3, -0.25) is 5.32 Å². The molecule has 16 heavy (non-hydrogen) atoms. The molecule has 0 heterocycles. The van der Waals surface area contributed by atoms with Gasteiger partial charge < -0.3 is 9.84 Å². The zero-order valence-electron chi connectivity index (χ0n) is 8.59. The first-order valence-electron chi connectivity index (χ1n) is 4.55. The Morgan fingerprint density at radius 3 is 2.94 bits per heavy atom. The van der Waals surface area contributed by atoms with Gasteiger partial charge in [-0.1, -0.05) is 0 Å². The van der Waals surface area contributed by atoms with E-state index < -0.39 is 11.9 Å². The zero-order chi connectivity index (χ0) is 12.1. The summed E-state index contributed by atoms with van der Waals surface area (Å²) in [6, 6.07) is 2.75. The molecule has 0 atom stereocenters. The number of hydrogen-bond donors (Lipinski definition) is 2. The maximum atomic E-state index is 13.2. The maximum Gasteiger partial charge on any atom is 0.411 e. The number of aryl methyl sites for hydroxylation is 1. The van der Waals surface area contributed by atoms with Gasteiger partial charge in [0.15, 0.2) is 0 Å². The number of rotatable bonds is 3. The van der Waals surface area contributed by atoms with Crippen molar-refractivity contribution in [2.75, 3.05) is 18.5 Å².